The van der Waals surface area contributed by atoms with E-state index in [2.05, 4.69) is 26.0 Å². The molecule has 0 N–H and O–H groups in total. The Labute approximate surface area is 231 Å². The lowest BCUT2D eigenvalue weighted by molar-refractivity contribution is 0.154. The van der Waals surface area contributed by atoms with Crippen LogP contribution in [0.5, 0.6) is 0 Å². The normalized spacial score (nSPS) is 33.1. The highest BCUT2D eigenvalue weighted by Crippen LogP contribution is 2.42. The fraction of sp³-hybridized carbons (Fsp3) is 0.889. The monoisotopic (exact) mass is 510 g/mol. The molecule has 1 nitrogen and oxygen atoms in total. The highest BCUT2D eigenvalue weighted by molar-refractivity contribution is 5.10. The van der Waals surface area contributed by atoms with Crippen LogP contribution in [0.15, 0.2) is 23.3 Å². The van der Waals surface area contributed by atoms with Gasteiger partial charge in [-0.2, -0.15) is 0 Å². The number of rotatable bonds is 14. The second-order valence-corrected chi connectivity index (χ2v) is 13.8. The van der Waals surface area contributed by atoms with Gasteiger partial charge in [0.15, 0.2) is 0 Å². The number of hydrogen-bond acceptors (Lipinski definition) is 1. The quantitative estimate of drug-likeness (QED) is 0.167. The van der Waals surface area contributed by atoms with E-state index in [9.17, 15) is 0 Å². The maximum Gasteiger partial charge on any atom is 0.0681 e. The Kier molecular flexibility index (Phi) is 13.1. The number of allylic oxidation sites excluding steroid dienone is 2. The van der Waals surface area contributed by atoms with Gasteiger partial charge in [-0.25, -0.2) is 0 Å². The smallest absolute Gasteiger partial charge is 0.0681 e. The van der Waals surface area contributed by atoms with Gasteiger partial charge in [-0.05, 0) is 111 Å². The van der Waals surface area contributed by atoms with Crippen molar-refractivity contribution < 1.29 is 4.74 Å². The number of hydrogen-bond donors (Lipinski definition) is 0. The van der Waals surface area contributed by atoms with Crippen LogP contribution < -0.4 is 0 Å². The topological polar surface area (TPSA) is 9.23 Å². The van der Waals surface area contributed by atoms with Gasteiger partial charge < -0.3 is 4.74 Å². The SMILES string of the molecule is CCCCCC1CCC(C2CC=C(COCC3=CCC(C4CCC(CCCCC)CC4)CC3)CC2)CC1. The van der Waals surface area contributed by atoms with E-state index in [4.69, 9.17) is 4.74 Å². The minimum Gasteiger partial charge on any atom is -0.373 e. The summed E-state index contributed by atoms with van der Waals surface area (Å²) in [4.78, 5) is 0. The molecular formula is C36H62O. The molecule has 0 heterocycles. The lowest BCUT2D eigenvalue weighted by Crippen LogP contribution is -2.24. The lowest BCUT2D eigenvalue weighted by atomic mass is 9.70. The molecule has 0 aliphatic heterocycles. The Morgan fingerprint density at radius 3 is 1.32 bits per heavy atom. The van der Waals surface area contributed by atoms with Crippen LogP contribution in [0.2, 0.25) is 0 Å². The van der Waals surface area contributed by atoms with Crippen LogP contribution in [0.25, 0.3) is 0 Å². The predicted octanol–water partition coefficient (Wildman–Crippen LogP) is 11.2. The third kappa shape index (κ3) is 9.85. The van der Waals surface area contributed by atoms with Crippen LogP contribution in [0.1, 0.15) is 155 Å². The van der Waals surface area contributed by atoms with Crippen LogP contribution in [0.3, 0.4) is 0 Å². The molecule has 4 aliphatic rings. The molecule has 0 aromatic carbocycles. The highest BCUT2D eigenvalue weighted by atomic mass is 16.5. The Morgan fingerprint density at radius 2 is 0.973 bits per heavy atom. The summed E-state index contributed by atoms with van der Waals surface area (Å²) in [7, 11) is 0. The second kappa shape index (κ2) is 16.5. The Hall–Kier alpha value is -0.560. The molecule has 1 heteroatoms. The van der Waals surface area contributed by atoms with E-state index in [0.29, 0.717) is 0 Å². The molecule has 37 heavy (non-hydrogen) atoms. The summed E-state index contributed by atoms with van der Waals surface area (Å²) in [5.41, 5.74) is 3.18. The minimum atomic E-state index is 0.889. The molecule has 2 atom stereocenters. The van der Waals surface area contributed by atoms with Crippen LogP contribution in [-0.2, 0) is 4.74 Å². The zero-order chi connectivity index (χ0) is 25.7. The van der Waals surface area contributed by atoms with E-state index in [1.165, 1.54) is 141 Å². The van der Waals surface area contributed by atoms with Crippen LogP contribution in [-0.4, -0.2) is 13.2 Å². The summed E-state index contributed by atoms with van der Waals surface area (Å²) in [5, 5.41) is 0. The van der Waals surface area contributed by atoms with Crippen molar-refractivity contribution in [2.24, 2.45) is 35.5 Å². The first-order valence-electron chi connectivity index (χ1n) is 17.2. The molecule has 0 spiro atoms. The molecule has 0 aromatic rings. The van der Waals surface area contributed by atoms with Gasteiger partial charge in [-0.1, -0.05) is 103 Å². The van der Waals surface area contributed by atoms with Crippen LogP contribution in [0.4, 0.5) is 0 Å². The summed E-state index contributed by atoms with van der Waals surface area (Å²) in [6.45, 7) is 6.44. The molecule has 4 rings (SSSR count). The molecule has 0 aromatic heterocycles. The van der Waals surface area contributed by atoms with Crippen molar-refractivity contribution in [3.63, 3.8) is 0 Å². The molecular weight excluding hydrogens is 448 g/mol. The predicted molar refractivity (Wildman–Crippen MR) is 161 cm³/mol. The van der Waals surface area contributed by atoms with Gasteiger partial charge in [0.25, 0.3) is 0 Å². The van der Waals surface area contributed by atoms with E-state index >= 15 is 0 Å². The molecule has 212 valence electrons. The van der Waals surface area contributed by atoms with Gasteiger partial charge in [0.2, 0.25) is 0 Å². The zero-order valence-electron chi connectivity index (χ0n) is 25.0. The van der Waals surface area contributed by atoms with Crippen molar-refractivity contribution in [1.82, 2.24) is 0 Å². The minimum absolute atomic E-state index is 0.889. The molecule has 0 amide bonds. The largest absolute Gasteiger partial charge is 0.373 e. The fourth-order valence-electron chi connectivity index (χ4n) is 8.51. The zero-order valence-corrected chi connectivity index (χ0v) is 25.0. The van der Waals surface area contributed by atoms with Gasteiger partial charge in [0, 0.05) is 0 Å². The lowest BCUT2D eigenvalue weighted by Gasteiger charge is -2.36. The third-order valence-corrected chi connectivity index (χ3v) is 11.2. The Morgan fingerprint density at radius 1 is 0.541 bits per heavy atom. The van der Waals surface area contributed by atoms with E-state index < -0.39 is 0 Å². The van der Waals surface area contributed by atoms with Crippen molar-refractivity contribution in [2.75, 3.05) is 13.2 Å². The maximum absolute atomic E-state index is 6.26. The molecule has 0 saturated heterocycles. The van der Waals surface area contributed by atoms with Gasteiger partial charge in [-0.3, -0.25) is 0 Å². The average Bonchev–Trinajstić information content (AvgIpc) is 2.95. The summed E-state index contributed by atoms with van der Waals surface area (Å²) in [6.07, 6.45) is 36.9. The average molecular weight is 511 g/mol. The third-order valence-electron chi connectivity index (χ3n) is 11.2. The highest BCUT2D eigenvalue weighted by Gasteiger charge is 2.30. The molecule has 0 radical (unpaired) electrons. The van der Waals surface area contributed by atoms with Crippen LogP contribution >= 0.6 is 0 Å². The van der Waals surface area contributed by atoms with E-state index in [-0.39, 0.29) is 0 Å². The van der Waals surface area contributed by atoms with E-state index in [0.717, 1.165) is 48.7 Å². The standard InChI is InChI=1S/C36H62O/c1-3-5-7-9-29-11-19-33(20-12-29)35-23-15-31(16-24-35)27-37-28-32-17-25-36(26-18-32)34-21-13-30(14-22-34)10-8-6-4-2/h15,17,29-30,33-36H,3-14,16,18-28H2,1-2H3. The Bertz CT molecular complexity index is 615. The van der Waals surface area contributed by atoms with Gasteiger partial charge in [0.1, 0.15) is 0 Å². The van der Waals surface area contributed by atoms with Crippen molar-refractivity contribution in [3.8, 4) is 0 Å². The molecule has 2 fully saturated rings. The fourth-order valence-corrected chi connectivity index (χ4v) is 8.51. The van der Waals surface area contributed by atoms with Crippen molar-refractivity contribution in [1.29, 1.82) is 0 Å². The molecule has 2 saturated carbocycles. The number of unbranched alkanes of at least 4 members (excludes halogenated alkanes) is 4. The molecule has 2 unspecified atom stereocenters. The van der Waals surface area contributed by atoms with Crippen molar-refractivity contribution >= 4 is 0 Å². The van der Waals surface area contributed by atoms with E-state index in [1.54, 1.807) is 11.1 Å². The first-order chi connectivity index (χ1) is 18.2. The van der Waals surface area contributed by atoms with Crippen molar-refractivity contribution in [2.45, 2.75) is 155 Å². The van der Waals surface area contributed by atoms with Gasteiger partial charge in [0.05, 0.1) is 13.2 Å². The molecule has 4 aliphatic carbocycles. The summed E-state index contributed by atoms with van der Waals surface area (Å²) >= 11 is 0. The summed E-state index contributed by atoms with van der Waals surface area (Å²) < 4.78 is 6.26. The summed E-state index contributed by atoms with van der Waals surface area (Å²) in [6, 6.07) is 0. The molecule has 0 bridgehead atoms. The van der Waals surface area contributed by atoms with Crippen molar-refractivity contribution in [3.05, 3.63) is 23.3 Å². The first-order valence-corrected chi connectivity index (χ1v) is 17.2. The first kappa shape index (κ1) is 29.4. The number of ether oxygens (including phenoxy) is 1. The summed E-state index contributed by atoms with van der Waals surface area (Å²) in [5.74, 6) is 6.04. The van der Waals surface area contributed by atoms with E-state index in [1.807, 2.05) is 0 Å². The maximum atomic E-state index is 6.26. The Balaban J connectivity index is 1.06. The van der Waals surface area contributed by atoms with Crippen LogP contribution in [0, 0.1) is 35.5 Å². The second-order valence-electron chi connectivity index (χ2n) is 13.8. The van der Waals surface area contributed by atoms with Gasteiger partial charge in [-0.15, -0.1) is 0 Å². The van der Waals surface area contributed by atoms with Gasteiger partial charge >= 0.3 is 0 Å².